The van der Waals surface area contributed by atoms with Gasteiger partial charge in [0, 0.05) is 11.6 Å². The molecule has 0 aliphatic carbocycles. The van der Waals surface area contributed by atoms with Crippen LogP contribution in [0.15, 0.2) is 12.1 Å². The van der Waals surface area contributed by atoms with Crippen molar-refractivity contribution in [1.82, 2.24) is 0 Å². The van der Waals surface area contributed by atoms with Crippen molar-refractivity contribution >= 4 is 5.97 Å². The second kappa shape index (κ2) is 4.85. The number of aryl methyl sites for hydroxylation is 1. The predicted molar refractivity (Wildman–Crippen MR) is 58.6 cm³/mol. The molecule has 0 radical (unpaired) electrons. The van der Waals surface area contributed by atoms with Gasteiger partial charge in [0.2, 0.25) is 0 Å². The van der Waals surface area contributed by atoms with Gasteiger partial charge in [-0.1, -0.05) is 12.1 Å². The Hall–Kier alpha value is -1.75. The van der Waals surface area contributed by atoms with Gasteiger partial charge in [-0.05, 0) is 12.5 Å². The number of hydrogen-bond acceptors (Lipinski definition) is 4. The summed E-state index contributed by atoms with van der Waals surface area (Å²) in [6.07, 6.45) is -0.209. The van der Waals surface area contributed by atoms with Crippen LogP contribution < -0.4 is 10.5 Å². The van der Waals surface area contributed by atoms with E-state index in [1.54, 1.807) is 19.1 Å². The molecule has 0 aromatic heterocycles. The van der Waals surface area contributed by atoms with Crippen molar-refractivity contribution in [3.05, 3.63) is 23.3 Å². The number of ether oxygens (including phenoxy) is 1. The molecule has 1 aromatic rings. The van der Waals surface area contributed by atoms with Crippen molar-refractivity contribution in [2.75, 3.05) is 7.11 Å². The van der Waals surface area contributed by atoms with Crippen LogP contribution in [0, 0.1) is 6.92 Å². The van der Waals surface area contributed by atoms with E-state index >= 15 is 0 Å². The molecule has 0 spiro atoms. The van der Waals surface area contributed by atoms with Gasteiger partial charge in [0.05, 0.1) is 13.5 Å². The van der Waals surface area contributed by atoms with Gasteiger partial charge in [0.25, 0.3) is 0 Å². The smallest absolute Gasteiger partial charge is 0.305 e. The highest BCUT2D eigenvalue weighted by Crippen LogP contribution is 2.36. The summed E-state index contributed by atoms with van der Waals surface area (Å²) in [5.74, 6) is -0.746. The monoisotopic (exact) mass is 225 g/mol. The minimum Gasteiger partial charge on any atom is -0.504 e. The zero-order valence-electron chi connectivity index (χ0n) is 9.23. The Balaban J connectivity index is 3.13. The first kappa shape index (κ1) is 12.3. The maximum atomic E-state index is 10.6. The van der Waals surface area contributed by atoms with Gasteiger partial charge >= 0.3 is 5.97 Å². The molecule has 5 nitrogen and oxygen atoms in total. The van der Waals surface area contributed by atoms with E-state index in [2.05, 4.69) is 0 Å². The molecule has 0 amide bonds. The van der Waals surface area contributed by atoms with Gasteiger partial charge in [0.1, 0.15) is 0 Å². The summed E-state index contributed by atoms with van der Waals surface area (Å²) in [4.78, 5) is 10.6. The summed E-state index contributed by atoms with van der Waals surface area (Å²) in [6, 6.07) is 2.65. The number of carboxylic acids is 1. The van der Waals surface area contributed by atoms with Crippen LogP contribution in [0.5, 0.6) is 11.5 Å². The summed E-state index contributed by atoms with van der Waals surface area (Å²) < 4.78 is 5.04. The number of nitrogens with two attached hydrogens (primary N) is 1. The summed E-state index contributed by atoms with van der Waals surface area (Å²) in [5.41, 5.74) is 6.87. The van der Waals surface area contributed by atoms with Gasteiger partial charge < -0.3 is 20.7 Å². The number of carbonyl (C=O) groups is 1. The van der Waals surface area contributed by atoms with E-state index in [0.717, 1.165) is 0 Å². The Bertz CT molecular complexity index is 403. The quantitative estimate of drug-likeness (QED) is 0.715. The Morgan fingerprint density at radius 3 is 2.69 bits per heavy atom. The topological polar surface area (TPSA) is 92.8 Å². The molecule has 0 saturated carbocycles. The number of phenols is 1. The van der Waals surface area contributed by atoms with Crippen molar-refractivity contribution < 1.29 is 19.7 Å². The molecule has 16 heavy (non-hydrogen) atoms. The van der Waals surface area contributed by atoms with E-state index < -0.39 is 12.0 Å². The fourth-order valence-electron chi connectivity index (χ4n) is 1.49. The number of phenolic OH excluding ortho intramolecular Hbond substituents is 1. The zero-order valence-corrected chi connectivity index (χ0v) is 9.23. The summed E-state index contributed by atoms with van der Waals surface area (Å²) in [7, 11) is 1.41. The third-order valence-electron chi connectivity index (χ3n) is 2.36. The van der Waals surface area contributed by atoms with Crippen LogP contribution in [0.1, 0.15) is 23.6 Å². The molecule has 0 heterocycles. The molecular weight excluding hydrogens is 210 g/mol. The molecule has 0 aliphatic heterocycles. The molecule has 0 bridgehead atoms. The number of aliphatic carboxylic acids is 1. The second-order valence-electron chi connectivity index (χ2n) is 3.56. The van der Waals surface area contributed by atoms with Crippen LogP contribution in [0.25, 0.3) is 0 Å². The average molecular weight is 225 g/mol. The zero-order chi connectivity index (χ0) is 12.3. The molecule has 88 valence electrons. The van der Waals surface area contributed by atoms with Crippen molar-refractivity contribution in [2.24, 2.45) is 5.73 Å². The molecule has 0 saturated heterocycles. The number of carboxylic acid groups (broad SMARTS) is 1. The molecule has 0 aliphatic rings. The van der Waals surface area contributed by atoms with Crippen molar-refractivity contribution in [1.29, 1.82) is 0 Å². The molecule has 4 N–H and O–H groups in total. The third-order valence-corrected chi connectivity index (χ3v) is 2.36. The summed E-state index contributed by atoms with van der Waals surface area (Å²) in [6.45, 7) is 1.73. The number of hydrogen-bond donors (Lipinski definition) is 3. The van der Waals surface area contributed by atoms with Gasteiger partial charge in [-0.25, -0.2) is 0 Å². The van der Waals surface area contributed by atoms with Gasteiger partial charge in [0.15, 0.2) is 11.5 Å². The molecule has 0 fully saturated rings. The molecule has 5 heteroatoms. The van der Waals surface area contributed by atoms with Crippen LogP contribution in [0.2, 0.25) is 0 Å². The first-order chi connectivity index (χ1) is 7.47. The van der Waals surface area contributed by atoms with Crippen molar-refractivity contribution in [3.8, 4) is 11.5 Å². The summed E-state index contributed by atoms with van der Waals surface area (Å²) >= 11 is 0. The summed E-state index contributed by atoms with van der Waals surface area (Å²) in [5, 5.41) is 18.4. The number of aromatic hydroxyl groups is 1. The fourth-order valence-corrected chi connectivity index (χ4v) is 1.49. The average Bonchev–Trinajstić information content (AvgIpc) is 2.20. The third kappa shape index (κ3) is 2.43. The molecule has 1 aromatic carbocycles. The molecule has 1 unspecified atom stereocenters. The molecule has 1 rings (SSSR count). The number of rotatable bonds is 4. The maximum Gasteiger partial charge on any atom is 0.305 e. The Morgan fingerprint density at radius 2 is 2.19 bits per heavy atom. The lowest BCUT2D eigenvalue weighted by Crippen LogP contribution is -2.16. The van der Waals surface area contributed by atoms with Crippen LogP contribution >= 0.6 is 0 Å². The molecule has 1 atom stereocenters. The second-order valence-corrected chi connectivity index (χ2v) is 3.56. The lowest BCUT2D eigenvalue weighted by atomic mass is 10.0. The fraction of sp³-hybridized carbons (Fsp3) is 0.364. The van der Waals surface area contributed by atoms with E-state index in [9.17, 15) is 9.90 Å². The van der Waals surface area contributed by atoms with E-state index in [-0.39, 0.29) is 17.9 Å². The normalized spacial score (nSPS) is 12.2. The Kier molecular flexibility index (Phi) is 3.73. The Labute approximate surface area is 93.5 Å². The SMILES string of the molecule is COc1c(C(N)CC(=O)O)ccc(C)c1O. The molecular formula is C11H15NO4. The lowest BCUT2D eigenvalue weighted by molar-refractivity contribution is -0.137. The lowest BCUT2D eigenvalue weighted by Gasteiger charge is -2.16. The minimum atomic E-state index is -0.991. The first-order valence-corrected chi connectivity index (χ1v) is 4.81. The maximum absolute atomic E-state index is 10.6. The minimum absolute atomic E-state index is 0.000777. The largest absolute Gasteiger partial charge is 0.504 e. The highest BCUT2D eigenvalue weighted by molar-refractivity contribution is 5.68. The predicted octanol–water partition coefficient (Wildman–Crippen LogP) is 1.18. The van der Waals surface area contributed by atoms with E-state index in [4.69, 9.17) is 15.6 Å². The Morgan fingerprint density at radius 1 is 1.56 bits per heavy atom. The van der Waals surface area contributed by atoms with Crippen LogP contribution in [0.4, 0.5) is 0 Å². The van der Waals surface area contributed by atoms with Crippen LogP contribution in [-0.4, -0.2) is 23.3 Å². The van der Waals surface area contributed by atoms with Crippen LogP contribution in [0.3, 0.4) is 0 Å². The van der Waals surface area contributed by atoms with Gasteiger partial charge in [-0.15, -0.1) is 0 Å². The highest BCUT2D eigenvalue weighted by atomic mass is 16.5. The van der Waals surface area contributed by atoms with Crippen LogP contribution in [-0.2, 0) is 4.79 Å². The standard InChI is InChI=1S/C11H15NO4/c1-6-3-4-7(8(12)5-9(13)14)11(16-2)10(6)15/h3-4,8,15H,5,12H2,1-2H3,(H,13,14). The van der Waals surface area contributed by atoms with Crippen molar-refractivity contribution in [2.45, 2.75) is 19.4 Å². The van der Waals surface area contributed by atoms with E-state index in [0.29, 0.717) is 11.1 Å². The number of methoxy groups -OCH3 is 1. The highest BCUT2D eigenvalue weighted by Gasteiger charge is 2.18. The van der Waals surface area contributed by atoms with E-state index in [1.807, 2.05) is 0 Å². The first-order valence-electron chi connectivity index (χ1n) is 4.81. The van der Waals surface area contributed by atoms with Gasteiger partial charge in [-0.3, -0.25) is 4.79 Å². The van der Waals surface area contributed by atoms with E-state index in [1.165, 1.54) is 7.11 Å². The number of benzene rings is 1. The van der Waals surface area contributed by atoms with Crippen molar-refractivity contribution in [3.63, 3.8) is 0 Å². The van der Waals surface area contributed by atoms with Gasteiger partial charge in [-0.2, -0.15) is 0 Å².